The van der Waals surface area contributed by atoms with Crippen molar-refractivity contribution in [1.82, 2.24) is 29.7 Å². The van der Waals surface area contributed by atoms with Gasteiger partial charge in [0, 0.05) is 45.3 Å². The van der Waals surface area contributed by atoms with E-state index < -0.39 is 0 Å². The molecule has 2 fully saturated rings. The van der Waals surface area contributed by atoms with Gasteiger partial charge in [0.2, 0.25) is 0 Å². The maximum absolute atomic E-state index is 4.42. The van der Waals surface area contributed by atoms with E-state index in [4.69, 9.17) is 0 Å². The van der Waals surface area contributed by atoms with Crippen LogP contribution in [-0.2, 0) is 0 Å². The highest BCUT2D eigenvalue weighted by atomic mass is 15.4. The zero-order valence-corrected chi connectivity index (χ0v) is 12.4. The van der Waals surface area contributed by atoms with Crippen LogP contribution in [0.3, 0.4) is 0 Å². The van der Waals surface area contributed by atoms with Crippen molar-refractivity contribution < 1.29 is 0 Å². The number of anilines is 1. The van der Waals surface area contributed by atoms with E-state index in [1.807, 2.05) is 0 Å². The lowest BCUT2D eigenvalue weighted by Gasteiger charge is -2.48. The molecule has 112 valence electrons. The standard InChI is InChI=1S/C14H21N7/c1-2-19-3-5-20(6-4-19)11-7-21(8-11)14-12-13(16-9-15-12)17-10-18-14/h9-11H,2-8H2,1H3,(H,15,16,17,18). The number of hydrogen-bond acceptors (Lipinski definition) is 6. The fourth-order valence-corrected chi connectivity index (χ4v) is 3.30. The van der Waals surface area contributed by atoms with Crippen LogP contribution in [0.1, 0.15) is 6.92 Å². The molecule has 2 aromatic heterocycles. The molecule has 0 aliphatic carbocycles. The Morgan fingerprint density at radius 1 is 1.14 bits per heavy atom. The van der Waals surface area contributed by atoms with Crippen LogP contribution < -0.4 is 4.90 Å². The van der Waals surface area contributed by atoms with Crippen molar-refractivity contribution in [2.75, 3.05) is 50.7 Å². The third kappa shape index (κ3) is 2.26. The summed E-state index contributed by atoms with van der Waals surface area (Å²) in [6, 6.07) is 0.664. The summed E-state index contributed by atoms with van der Waals surface area (Å²) < 4.78 is 0. The summed E-state index contributed by atoms with van der Waals surface area (Å²) >= 11 is 0. The first-order chi connectivity index (χ1) is 10.3. The van der Waals surface area contributed by atoms with Gasteiger partial charge in [-0.2, -0.15) is 0 Å². The van der Waals surface area contributed by atoms with E-state index in [0.29, 0.717) is 6.04 Å². The number of fused-ring (bicyclic) bond motifs is 1. The molecule has 4 heterocycles. The van der Waals surface area contributed by atoms with Crippen LogP contribution in [0.5, 0.6) is 0 Å². The number of H-pyrrole nitrogens is 1. The number of piperazine rings is 1. The second-order valence-electron chi connectivity index (χ2n) is 5.83. The number of rotatable bonds is 3. The molecule has 0 amide bonds. The van der Waals surface area contributed by atoms with Crippen LogP contribution in [-0.4, -0.2) is 81.6 Å². The molecular formula is C14H21N7. The van der Waals surface area contributed by atoms with E-state index in [1.54, 1.807) is 12.7 Å². The fourth-order valence-electron chi connectivity index (χ4n) is 3.30. The van der Waals surface area contributed by atoms with Crippen molar-refractivity contribution in [3.05, 3.63) is 12.7 Å². The quantitative estimate of drug-likeness (QED) is 0.869. The van der Waals surface area contributed by atoms with Crippen molar-refractivity contribution in [1.29, 1.82) is 0 Å². The molecule has 1 N–H and O–H groups in total. The molecule has 0 spiro atoms. The molecule has 0 bridgehead atoms. The van der Waals surface area contributed by atoms with E-state index in [-0.39, 0.29) is 0 Å². The maximum Gasteiger partial charge on any atom is 0.182 e. The Kier molecular flexibility index (Phi) is 3.23. The Labute approximate surface area is 124 Å². The normalized spacial score (nSPS) is 21.9. The number of aromatic nitrogens is 4. The lowest BCUT2D eigenvalue weighted by atomic mass is 10.1. The largest absolute Gasteiger partial charge is 0.351 e. The second kappa shape index (κ2) is 5.23. The number of aromatic amines is 1. The van der Waals surface area contributed by atoms with Gasteiger partial charge in [0.1, 0.15) is 11.8 Å². The minimum absolute atomic E-state index is 0.664. The minimum atomic E-state index is 0.664. The smallest absolute Gasteiger partial charge is 0.182 e. The van der Waals surface area contributed by atoms with Gasteiger partial charge < -0.3 is 14.8 Å². The van der Waals surface area contributed by atoms with Gasteiger partial charge in [0.15, 0.2) is 11.5 Å². The predicted molar refractivity (Wildman–Crippen MR) is 81.4 cm³/mol. The third-order valence-corrected chi connectivity index (χ3v) is 4.74. The Morgan fingerprint density at radius 2 is 1.95 bits per heavy atom. The van der Waals surface area contributed by atoms with E-state index in [0.717, 1.165) is 30.1 Å². The summed E-state index contributed by atoms with van der Waals surface area (Å²) in [7, 11) is 0. The maximum atomic E-state index is 4.42. The molecule has 0 atom stereocenters. The van der Waals surface area contributed by atoms with Crippen LogP contribution in [0, 0.1) is 0 Å². The first-order valence-electron chi connectivity index (χ1n) is 7.70. The fraction of sp³-hybridized carbons (Fsp3) is 0.643. The van der Waals surface area contributed by atoms with Crippen LogP contribution >= 0.6 is 0 Å². The average molecular weight is 287 g/mol. The number of nitrogens with one attached hydrogen (secondary N) is 1. The van der Waals surface area contributed by atoms with Gasteiger partial charge in [-0.25, -0.2) is 15.0 Å². The van der Waals surface area contributed by atoms with Gasteiger partial charge in [0.05, 0.1) is 6.33 Å². The monoisotopic (exact) mass is 287 g/mol. The molecule has 0 aromatic carbocycles. The predicted octanol–water partition coefficient (Wildman–Crippen LogP) is 0.179. The molecule has 0 radical (unpaired) electrons. The third-order valence-electron chi connectivity index (χ3n) is 4.74. The van der Waals surface area contributed by atoms with Crippen LogP contribution in [0.2, 0.25) is 0 Å². The Hall–Kier alpha value is -1.73. The van der Waals surface area contributed by atoms with Gasteiger partial charge in [-0.1, -0.05) is 6.92 Å². The summed E-state index contributed by atoms with van der Waals surface area (Å²) in [6.07, 6.45) is 3.29. The molecule has 0 saturated carbocycles. The lowest BCUT2D eigenvalue weighted by molar-refractivity contribution is 0.0860. The summed E-state index contributed by atoms with van der Waals surface area (Å²) in [4.78, 5) is 23.4. The number of hydrogen-bond donors (Lipinski definition) is 1. The number of likely N-dealkylation sites (N-methyl/N-ethyl adjacent to an activating group) is 1. The summed E-state index contributed by atoms with van der Waals surface area (Å²) in [5.41, 5.74) is 1.70. The van der Waals surface area contributed by atoms with Crippen LogP contribution in [0.25, 0.3) is 11.2 Å². The Balaban J connectivity index is 1.40. The minimum Gasteiger partial charge on any atom is -0.351 e. The molecule has 2 aliphatic heterocycles. The van der Waals surface area contributed by atoms with Crippen molar-refractivity contribution in [2.45, 2.75) is 13.0 Å². The van der Waals surface area contributed by atoms with Gasteiger partial charge >= 0.3 is 0 Å². The number of nitrogens with zero attached hydrogens (tertiary/aromatic N) is 6. The van der Waals surface area contributed by atoms with Crippen molar-refractivity contribution >= 4 is 17.0 Å². The molecule has 2 aliphatic rings. The van der Waals surface area contributed by atoms with E-state index >= 15 is 0 Å². The zero-order valence-electron chi connectivity index (χ0n) is 12.4. The Bertz CT molecular complexity index is 611. The zero-order chi connectivity index (χ0) is 14.2. The molecule has 7 nitrogen and oxygen atoms in total. The first-order valence-corrected chi connectivity index (χ1v) is 7.70. The van der Waals surface area contributed by atoms with Gasteiger partial charge in [0.25, 0.3) is 0 Å². The molecule has 2 saturated heterocycles. The molecule has 2 aromatic rings. The van der Waals surface area contributed by atoms with Crippen molar-refractivity contribution in [3.8, 4) is 0 Å². The topological polar surface area (TPSA) is 64.2 Å². The number of imidazole rings is 1. The molecule has 4 rings (SSSR count). The van der Waals surface area contributed by atoms with Gasteiger partial charge in [-0.15, -0.1) is 0 Å². The average Bonchev–Trinajstić information content (AvgIpc) is 2.96. The van der Waals surface area contributed by atoms with Crippen LogP contribution in [0.15, 0.2) is 12.7 Å². The van der Waals surface area contributed by atoms with Crippen molar-refractivity contribution in [2.24, 2.45) is 0 Å². The van der Waals surface area contributed by atoms with E-state index in [1.165, 1.54) is 32.7 Å². The summed E-state index contributed by atoms with van der Waals surface area (Å²) in [6.45, 7) is 10.3. The lowest BCUT2D eigenvalue weighted by Crippen LogP contribution is -2.63. The molecule has 0 unspecified atom stereocenters. The molecular weight excluding hydrogens is 266 g/mol. The highest BCUT2D eigenvalue weighted by Crippen LogP contribution is 2.26. The molecule has 7 heteroatoms. The van der Waals surface area contributed by atoms with Crippen LogP contribution in [0.4, 0.5) is 5.82 Å². The Morgan fingerprint density at radius 3 is 2.71 bits per heavy atom. The van der Waals surface area contributed by atoms with E-state index in [2.05, 4.69) is 41.6 Å². The van der Waals surface area contributed by atoms with Gasteiger partial charge in [-0.3, -0.25) is 4.90 Å². The first kappa shape index (κ1) is 13.0. The van der Waals surface area contributed by atoms with Crippen molar-refractivity contribution in [3.63, 3.8) is 0 Å². The summed E-state index contributed by atoms with van der Waals surface area (Å²) in [5.74, 6) is 0.987. The summed E-state index contributed by atoms with van der Waals surface area (Å²) in [5, 5.41) is 0. The van der Waals surface area contributed by atoms with Gasteiger partial charge in [-0.05, 0) is 6.54 Å². The second-order valence-corrected chi connectivity index (χ2v) is 5.83. The molecule has 21 heavy (non-hydrogen) atoms. The highest BCUT2D eigenvalue weighted by molar-refractivity contribution is 5.83. The SMILES string of the molecule is CCN1CCN(C2CN(c3ncnc4nc[nH]c34)C2)CC1. The highest BCUT2D eigenvalue weighted by Gasteiger charge is 2.34. The van der Waals surface area contributed by atoms with E-state index in [9.17, 15) is 0 Å².